The molecule has 0 aliphatic rings. The van der Waals surface area contributed by atoms with Gasteiger partial charge in [0.05, 0.1) is 4.92 Å². The summed E-state index contributed by atoms with van der Waals surface area (Å²) in [6.07, 6.45) is 4.68. The molecule has 0 bridgehead atoms. The zero-order chi connectivity index (χ0) is 22.2. The van der Waals surface area contributed by atoms with Gasteiger partial charge >= 0.3 is 0 Å². The maximum atomic E-state index is 12.4. The lowest BCUT2D eigenvalue weighted by Crippen LogP contribution is -2.20. The molecule has 3 rings (SSSR count). The number of hydrogen-bond acceptors (Lipinski definition) is 6. The molecule has 0 atom stereocenters. The number of benzene rings is 2. The fourth-order valence-electron chi connectivity index (χ4n) is 2.81. The number of nitro benzene ring substituents is 1. The van der Waals surface area contributed by atoms with Crippen molar-refractivity contribution in [3.63, 3.8) is 0 Å². The summed E-state index contributed by atoms with van der Waals surface area (Å²) in [5.74, 6) is -0.0242. The Hall–Kier alpha value is -4.33. The lowest BCUT2D eigenvalue weighted by molar-refractivity contribution is -0.384. The van der Waals surface area contributed by atoms with E-state index < -0.39 is 4.92 Å². The predicted octanol–water partition coefficient (Wildman–Crippen LogP) is 3.33. The average Bonchev–Trinajstić information content (AvgIpc) is 2.78. The minimum atomic E-state index is -0.479. The molecule has 0 fully saturated rings. The second-order valence-corrected chi connectivity index (χ2v) is 6.74. The molecule has 1 heterocycles. The van der Waals surface area contributed by atoms with Crippen molar-refractivity contribution < 1.29 is 14.5 Å². The Kier molecular flexibility index (Phi) is 6.85. The van der Waals surface area contributed by atoms with Gasteiger partial charge in [0.2, 0.25) is 5.91 Å². The third-order valence-corrected chi connectivity index (χ3v) is 4.55. The van der Waals surface area contributed by atoms with E-state index in [1.165, 1.54) is 18.2 Å². The Morgan fingerprint density at radius 2 is 1.77 bits per heavy atom. The van der Waals surface area contributed by atoms with Gasteiger partial charge in [-0.1, -0.05) is 30.3 Å². The summed E-state index contributed by atoms with van der Waals surface area (Å²) in [7, 11) is 0. The number of anilines is 1. The van der Waals surface area contributed by atoms with Gasteiger partial charge in [-0.25, -0.2) is 4.98 Å². The van der Waals surface area contributed by atoms with Crippen molar-refractivity contribution in [2.45, 2.75) is 13.0 Å². The number of carbonyl (C=O) groups excluding carboxylic acids is 2. The van der Waals surface area contributed by atoms with Crippen LogP contribution in [0.5, 0.6) is 0 Å². The highest BCUT2D eigenvalue weighted by atomic mass is 16.6. The number of nitrogens with one attached hydrogen (secondary N) is 1. The van der Waals surface area contributed by atoms with Crippen molar-refractivity contribution in [2.24, 2.45) is 0 Å². The van der Waals surface area contributed by atoms with E-state index in [1.54, 1.807) is 60.8 Å². The van der Waals surface area contributed by atoms with Crippen LogP contribution >= 0.6 is 0 Å². The largest absolute Gasteiger partial charge is 0.383 e. The molecule has 3 N–H and O–H groups in total. The minimum Gasteiger partial charge on any atom is -0.383 e. The van der Waals surface area contributed by atoms with E-state index in [-0.39, 0.29) is 23.8 Å². The number of nitrogens with two attached hydrogens (primary N) is 1. The first kappa shape index (κ1) is 21.4. The van der Waals surface area contributed by atoms with Gasteiger partial charge in [0.1, 0.15) is 5.82 Å². The highest BCUT2D eigenvalue weighted by molar-refractivity contribution is 5.98. The Morgan fingerprint density at radius 1 is 1.06 bits per heavy atom. The third kappa shape index (κ3) is 6.07. The van der Waals surface area contributed by atoms with Crippen LogP contribution in [0.15, 0.2) is 72.9 Å². The number of ketones is 1. The van der Waals surface area contributed by atoms with Gasteiger partial charge in [-0.15, -0.1) is 0 Å². The maximum absolute atomic E-state index is 12.4. The molecule has 8 heteroatoms. The van der Waals surface area contributed by atoms with Crippen molar-refractivity contribution in [3.05, 3.63) is 105 Å². The highest BCUT2D eigenvalue weighted by Gasteiger charge is 2.10. The molecule has 0 aliphatic carbocycles. The SMILES string of the molecule is Nc1ncccc1CC(=O)c1ccc(CNC(=O)/C=C/c2ccc([N+](=O)[O-])cc2)cc1. The predicted molar refractivity (Wildman–Crippen MR) is 117 cm³/mol. The number of carbonyl (C=O) groups is 2. The number of amides is 1. The van der Waals surface area contributed by atoms with Crippen LogP contribution in [0.25, 0.3) is 6.08 Å². The highest BCUT2D eigenvalue weighted by Crippen LogP contribution is 2.14. The van der Waals surface area contributed by atoms with E-state index in [2.05, 4.69) is 10.3 Å². The summed E-state index contributed by atoms with van der Waals surface area (Å²) in [6, 6.07) is 16.4. The lowest BCUT2D eigenvalue weighted by atomic mass is 10.0. The minimum absolute atomic E-state index is 0.00701. The Labute approximate surface area is 178 Å². The summed E-state index contributed by atoms with van der Waals surface area (Å²) in [6.45, 7) is 0.299. The number of pyridine rings is 1. The number of nitrogen functional groups attached to an aromatic ring is 1. The molecule has 0 saturated carbocycles. The molecule has 1 amide bonds. The summed E-state index contributed by atoms with van der Waals surface area (Å²) in [4.78, 5) is 38.6. The monoisotopic (exact) mass is 416 g/mol. The molecule has 31 heavy (non-hydrogen) atoms. The van der Waals surface area contributed by atoms with Crippen molar-refractivity contribution >= 4 is 29.3 Å². The molecule has 0 radical (unpaired) electrons. The van der Waals surface area contributed by atoms with Gasteiger partial charge in [0.25, 0.3) is 5.69 Å². The quantitative estimate of drug-likeness (QED) is 0.251. The molecule has 8 nitrogen and oxygen atoms in total. The van der Waals surface area contributed by atoms with Gasteiger partial charge < -0.3 is 11.1 Å². The molecule has 156 valence electrons. The number of Topliss-reactive ketones (excluding diaryl/α,β-unsaturated/α-hetero) is 1. The van der Waals surface area contributed by atoms with Crippen LogP contribution in [0, 0.1) is 10.1 Å². The van der Waals surface area contributed by atoms with Crippen LogP contribution in [0.1, 0.15) is 27.0 Å². The van der Waals surface area contributed by atoms with Crippen LogP contribution in [0.3, 0.4) is 0 Å². The van der Waals surface area contributed by atoms with E-state index in [4.69, 9.17) is 5.73 Å². The molecule has 0 unspecified atom stereocenters. The summed E-state index contributed by atoms with van der Waals surface area (Å²) in [5, 5.41) is 13.4. The number of nitro groups is 1. The zero-order valence-corrected chi connectivity index (χ0v) is 16.5. The van der Waals surface area contributed by atoms with E-state index in [9.17, 15) is 19.7 Å². The molecular weight excluding hydrogens is 396 g/mol. The third-order valence-electron chi connectivity index (χ3n) is 4.55. The number of nitrogens with zero attached hydrogens (tertiary/aromatic N) is 2. The molecule has 0 spiro atoms. The van der Waals surface area contributed by atoms with Crippen LogP contribution in [-0.4, -0.2) is 21.6 Å². The van der Waals surface area contributed by atoms with Crippen LogP contribution in [0.2, 0.25) is 0 Å². The molecule has 0 aliphatic heterocycles. The first-order chi connectivity index (χ1) is 14.9. The van der Waals surface area contributed by atoms with Crippen molar-refractivity contribution in [1.82, 2.24) is 10.3 Å². The van der Waals surface area contributed by atoms with Gasteiger partial charge in [0, 0.05) is 48.5 Å². The van der Waals surface area contributed by atoms with E-state index in [1.807, 2.05) is 0 Å². The van der Waals surface area contributed by atoms with Crippen molar-refractivity contribution in [1.29, 1.82) is 0 Å². The number of non-ortho nitro benzene ring substituents is 1. The van der Waals surface area contributed by atoms with Gasteiger partial charge in [-0.3, -0.25) is 19.7 Å². The molecular formula is C23H20N4O4. The van der Waals surface area contributed by atoms with Gasteiger partial charge in [-0.05, 0) is 35.4 Å². The van der Waals surface area contributed by atoms with Crippen LogP contribution in [0.4, 0.5) is 11.5 Å². The number of rotatable bonds is 8. The second-order valence-electron chi connectivity index (χ2n) is 6.74. The maximum Gasteiger partial charge on any atom is 0.269 e. The van der Waals surface area contributed by atoms with E-state index in [0.717, 1.165) is 5.56 Å². The van der Waals surface area contributed by atoms with Crippen LogP contribution < -0.4 is 11.1 Å². The van der Waals surface area contributed by atoms with Gasteiger partial charge in [-0.2, -0.15) is 0 Å². The summed E-state index contributed by atoms with van der Waals surface area (Å²) >= 11 is 0. The summed E-state index contributed by atoms with van der Waals surface area (Å²) < 4.78 is 0. The Morgan fingerprint density at radius 3 is 2.42 bits per heavy atom. The first-order valence-electron chi connectivity index (χ1n) is 9.44. The Balaban J connectivity index is 1.51. The zero-order valence-electron chi connectivity index (χ0n) is 16.5. The second kappa shape index (κ2) is 9.93. The number of hydrogen-bond donors (Lipinski definition) is 2. The molecule has 0 saturated heterocycles. The molecule has 3 aromatic rings. The van der Waals surface area contributed by atoms with E-state index >= 15 is 0 Å². The normalized spacial score (nSPS) is 10.7. The van der Waals surface area contributed by atoms with Crippen LogP contribution in [-0.2, 0) is 17.8 Å². The van der Waals surface area contributed by atoms with Gasteiger partial charge in [0.15, 0.2) is 5.78 Å². The molecule has 1 aromatic heterocycles. The average molecular weight is 416 g/mol. The van der Waals surface area contributed by atoms with Crippen molar-refractivity contribution in [2.75, 3.05) is 5.73 Å². The summed E-state index contributed by atoms with van der Waals surface area (Å²) in [5.41, 5.74) is 8.53. The van der Waals surface area contributed by atoms with E-state index in [0.29, 0.717) is 29.1 Å². The first-order valence-corrected chi connectivity index (χ1v) is 9.44. The van der Waals surface area contributed by atoms with Crippen molar-refractivity contribution in [3.8, 4) is 0 Å². The molecule has 2 aromatic carbocycles. The number of aromatic nitrogens is 1. The topological polar surface area (TPSA) is 128 Å². The fraction of sp³-hybridized carbons (Fsp3) is 0.0870. The standard InChI is InChI=1S/C23H20N4O4/c24-23-19(2-1-13-25-23)14-21(28)18-8-3-17(4-9-18)15-26-22(29)12-7-16-5-10-20(11-6-16)27(30)31/h1-13H,14-15H2,(H2,24,25)(H,26,29)/b12-7+. The fourth-order valence-corrected chi connectivity index (χ4v) is 2.81. The Bertz CT molecular complexity index is 1120. The smallest absolute Gasteiger partial charge is 0.269 e. The lowest BCUT2D eigenvalue weighted by Gasteiger charge is -2.06.